The Balaban J connectivity index is 1.60. The Kier molecular flexibility index (Phi) is 5.63. The summed E-state index contributed by atoms with van der Waals surface area (Å²) in [6.07, 6.45) is 3.35. The molecule has 1 aromatic carbocycles. The maximum Gasteiger partial charge on any atom is 0.265 e. The molecule has 2 amide bonds. The van der Waals surface area contributed by atoms with Crippen molar-refractivity contribution in [2.24, 2.45) is 5.73 Å². The molecule has 3 aromatic rings. The molecule has 0 unspecified atom stereocenters. The Morgan fingerprint density at radius 2 is 1.87 bits per heavy atom. The summed E-state index contributed by atoms with van der Waals surface area (Å²) < 4.78 is 25.3. The Labute approximate surface area is 187 Å². The molecule has 0 aliphatic heterocycles. The number of nitrogens with zero attached hydrogens (tertiary/aromatic N) is 1. The van der Waals surface area contributed by atoms with Crippen LogP contribution in [0.4, 0.5) is 5.13 Å². The molecule has 0 saturated heterocycles. The van der Waals surface area contributed by atoms with Crippen LogP contribution in [0.3, 0.4) is 0 Å². The molecule has 1 aliphatic rings. The molecule has 0 spiro atoms. The summed E-state index contributed by atoms with van der Waals surface area (Å²) in [5.74, 6) is -1.18. The van der Waals surface area contributed by atoms with Gasteiger partial charge in [-0.15, -0.1) is 11.3 Å². The van der Waals surface area contributed by atoms with E-state index in [-0.39, 0.29) is 28.6 Å². The third-order valence-electron chi connectivity index (χ3n) is 5.43. The first-order chi connectivity index (χ1) is 14.7. The number of nitrogens with two attached hydrogens (primary N) is 1. The van der Waals surface area contributed by atoms with Gasteiger partial charge < -0.3 is 16.0 Å². The summed E-state index contributed by atoms with van der Waals surface area (Å²) >= 11 is 7.06. The molecule has 0 radical (unpaired) electrons. The molecule has 0 atom stereocenters. The van der Waals surface area contributed by atoms with Gasteiger partial charge in [-0.1, -0.05) is 24.4 Å². The number of hydrogen-bond donors (Lipinski definition) is 3. The van der Waals surface area contributed by atoms with E-state index in [1.165, 1.54) is 35.6 Å². The van der Waals surface area contributed by atoms with Crippen LogP contribution in [0.25, 0.3) is 11.3 Å². The Morgan fingerprint density at radius 3 is 2.48 bits per heavy atom. The lowest BCUT2D eigenvalue weighted by molar-refractivity contribution is -0.118. The van der Waals surface area contributed by atoms with Crippen molar-refractivity contribution >= 4 is 49.7 Å². The lowest BCUT2D eigenvalue weighted by Gasteiger charge is -2.27. The topological polar surface area (TPSA) is 135 Å². The van der Waals surface area contributed by atoms with Crippen LogP contribution in [0.1, 0.15) is 36.2 Å². The molecular formula is C20H19ClN4O4S2. The number of carbonyl (C=O) groups is 2. The second-order valence-corrected chi connectivity index (χ2v) is 10.9. The molecular weight excluding hydrogens is 460 g/mol. The Morgan fingerprint density at radius 1 is 1.19 bits per heavy atom. The molecule has 0 bridgehead atoms. The fourth-order valence-electron chi connectivity index (χ4n) is 3.76. The van der Waals surface area contributed by atoms with Gasteiger partial charge in [0.05, 0.1) is 10.6 Å². The summed E-state index contributed by atoms with van der Waals surface area (Å²) in [5, 5.41) is 5.10. The lowest BCUT2D eigenvalue weighted by atomic mass is 10.1. The Bertz CT molecular complexity index is 1240. The lowest BCUT2D eigenvalue weighted by Crippen LogP contribution is -2.47. The number of halogens is 1. The molecule has 8 nitrogen and oxygen atoms in total. The number of anilines is 1. The van der Waals surface area contributed by atoms with Crippen LogP contribution in [0, 0.1) is 0 Å². The zero-order valence-electron chi connectivity index (χ0n) is 16.2. The van der Waals surface area contributed by atoms with E-state index in [1.807, 2.05) is 0 Å². The third-order valence-corrected chi connectivity index (χ3v) is 8.96. The number of aromatic nitrogens is 2. The number of carbonyl (C=O) groups excluding carboxylic acids is 2. The molecule has 162 valence electrons. The van der Waals surface area contributed by atoms with Crippen LogP contribution >= 0.6 is 22.9 Å². The average molecular weight is 479 g/mol. The number of rotatable bonds is 6. The molecule has 1 fully saturated rings. The van der Waals surface area contributed by atoms with Crippen molar-refractivity contribution in [1.29, 1.82) is 0 Å². The number of primary amides is 1. The van der Waals surface area contributed by atoms with Gasteiger partial charge in [-0.25, -0.2) is 13.4 Å². The molecule has 1 saturated carbocycles. The highest BCUT2D eigenvalue weighted by molar-refractivity contribution is 7.93. The monoisotopic (exact) mass is 478 g/mol. The highest BCUT2D eigenvalue weighted by atomic mass is 35.5. The number of hydrogen-bond acceptors (Lipinski definition) is 6. The first kappa shape index (κ1) is 21.5. The van der Waals surface area contributed by atoms with E-state index >= 15 is 0 Å². The zero-order chi connectivity index (χ0) is 22.2. The van der Waals surface area contributed by atoms with E-state index in [2.05, 4.69) is 15.3 Å². The maximum atomic E-state index is 13.4. The molecule has 11 heteroatoms. The van der Waals surface area contributed by atoms with Gasteiger partial charge in [0.2, 0.25) is 5.91 Å². The fraction of sp³-hybridized carbons (Fsp3) is 0.250. The minimum Gasteiger partial charge on any atom is -0.364 e. The van der Waals surface area contributed by atoms with Gasteiger partial charge in [0.15, 0.2) is 19.7 Å². The standard InChI is InChI=1S/C20H19ClN4O4S2/c21-13-3-5-14(6-4-13)31(28,29)20(7-1-2-8-20)18(27)25-19-24-16(11-30-19)12-9-15(17(22)26)23-10-12/h3-6,9-11,23H,1-2,7-8H2,(H2,22,26)(H,24,25,27). The molecule has 4 rings (SSSR count). The normalized spacial score (nSPS) is 15.6. The van der Waals surface area contributed by atoms with Crippen LogP contribution in [-0.4, -0.2) is 34.9 Å². The minimum atomic E-state index is -3.94. The van der Waals surface area contributed by atoms with Crippen LogP contribution in [-0.2, 0) is 14.6 Å². The highest BCUT2D eigenvalue weighted by Crippen LogP contribution is 2.42. The number of thiazole rings is 1. The quantitative estimate of drug-likeness (QED) is 0.497. The average Bonchev–Trinajstić information content (AvgIpc) is 3.48. The molecule has 1 aliphatic carbocycles. The van der Waals surface area contributed by atoms with Crippen molar-refractivity contribution < 1.29 is 18.0 Å². The summed E-state index contributed by atoms with van der Waals surface area (Å²) in [4.78, 5) is 31.7. The van der Waals surface area contributed by atoms with Crippen LogP contribution in [0.2, 0.25) is 5.02 Å². The summed E-state index contributed by atoms with van der Waals surface area (Å²) in [6, 6.07) is 7.41. The predicted octanol–water partition coefficient (Wildman–Crippen LogP) is 3.62. The van der Waals surface area contributed by atoms with Gasteiger partial charge in [0.1, 0.15) is 5.69 Å². The van der Waals surface area contributed by atoms with Crippen molar-refractivity contribution in [2.45, 2.75) is 35.3 Å². The third kappa shape index (κ3) is 3.86. The van der Waals surface area contributed by atoms with Gasteiger partial charge in [-0.05, 0) is 43.2 Å². The smallest absolute Gasteiger partial charge is 0.265 e. The number of aromatic amines is 1. The number of amides is 2. The van der Waals surface area contributed by atoms with Crippen molar-refractivity contribution in [3.05, 3.63) is 52.6 Å². The number of nitrogens with one attached hydrogen (secondary N) is 2. The number of H-pyrrole nitrogens is 1. The van der Waals surface area contributed by atoms with Gasteiger partial charge in [0, 0.05) is 22.2 Å². The van der Waals surface area contributed by atoms with Crippen molar-refractivity contribution in [3.8, 4) is 11.3 Å². The number of sulfone groups is 1. The number of benzene rings is 1. The molecule has 4 N–H and O–H groups in total. The highest BCUT2D eigenvalue weighted by Gasteiger charge is 2.53. The predicted molar refractivity (Wildman–Crippen MR) is 119 cm³/mol. The van der Waals surface area contributed by atoms with E-state index in [1.54, 1.807) is 17.6 Å². The van der Waals surface area contributed by atoms with Crippen LogP contribution < -0.4 is 11.1 Å². The summed E-state index contributed by atoms with van der Waals surface area (Å²) in [7, 11) is -3.94. The summed E-state index contributed by atoms with van der Waals surface area (Å²) in [6.45, 7) is 0. The summed E-state index contributed by atoms with van der Waals surface area (Å²) in [5.41, 5.74) is 6.66. The first-order valence-corrected chi connectivity index (χ1v) is 12.2. The second kappa shape index (κ2) is 8.10. The molecule has 2 heterocycles. The van der Waals surface area contributed by atoms with Gasteiger partial charge in [0.25, 0.3) is 5.91 Å². The molecule has 2 aromatic heterocycles. The molecule has 31 heavy (non-hydrogen) atoms. The maximum absolute atomic E-state index is 13.4. The van der Waals surface area contributed by atoms with Crippen LogP contribution in [0.15, 0.2) is 46.8 Å². The van der Waals surface area contributed by atoms with E-state index in [0.29, 0.717) is 29.1 Å². The van der Waals surface area contributed by atoms with Crippen molar-refractivity contribution in [1.82, 2.24) is 9.97 Å². The van der Waals surface area contributed by atoms with Gasteiger partial charge in [-0.3, -0.25) is 9.59 Å². The Hall–Kier alpha value is -2.69. The van der Waals surface area contributed by atoms with E-state index in [9.17, 15) is 18.0 Å². The van der Waals surface area contributed by atoms with Gasteiger partial charge in [-0.2, -0.15) is 0 Å². The zero-order valence-corrected chi connectivity index (χ0v) is 18.6. The van der Waals surface area contributed by atoms with E-state index in [4.69, 9.17) is 17.3 Å². The largest absolute Gasteiger partial charge is 0.364 e. The fourth-order valence-corrected chi connectivity index (χ4v) is 6.67. The van der Waals surface area contributed by atoms with Crippen molar-refractivity contribution in [2.75, 3.05) is 5.32 Å². The minimum absolute atomic E-state index is 0.0695. The SMILES string of the molecule is NC(=O)c1cc(-c2csc(NC(=O)C3(S(=O)(=O)c4ccc(Cl)cc4)CCCC3)n2)c[nH]1. The van der Waals surface area contributed by atoms with Gasteiger partial charge >= 0.3 is 0 Å². The van der Waals surface area contributed by atoms with Crippen LogP contribution in [0.5, 0.6) is 0 Å². The first-order valence-electron chi connectivity index (χ1n) is 9.49. The second-order valence-electron chi connectivity index (χ2n) is 7.32. The van der Waals surface area contributed by atoms with E-state index < -0.39 is 26.4 Å². The van der Waals surface area contributed by atoms with Crippen molar-refractivity contribution in [3.63, 3.8) is 0 Å². The van der Waals surface area contributed by atoms with E-state index in [0.717, 1.165) is 0 Å².